The zero-order valence-corrected chi connectivity index (χ0v) is 13.6. The monoisotopic (exact) mass is 334 g/mol. The minimum atomic E-state index is -0.278. The van der Waals surface area contributed by atoms with Crippen LogP contribution in [0, 0.1) is 17.8 Å². The molecule has 0 aliphatic heterocycles. The molecular weight excluding hydrogens is 316 g/mol. The van der Waals surface area contributed by atoms with Crippen molar-refractivity contribution in [2.45, 2.75) is 12.8 Å². The minimum Gasteiger partial charge on any atom is -0.375 e. The van der Waals surface area contributed by atoms with Crippen molar-refractivity contribution < 1.29 is 14.3 Å². The van der Waals surface area contributed by atoms with E-state index in [1.165, 1.54) is 7.11 Å². The molecule has 2 amide bonds. The van der Waals surface area contributed by atoms with Gasteiger partial charge in [0.2, 0.25) is 11.8 Å². The second-order valence-electron chi connectivity index (χ2n) is 6.05. The normalized spacial score (nSPS) is 24.7. The number of fused-ring (bicyclic) bond motifs is 2. The molecule has 23 heavy (non-hydrogen) atoms. The van der Waals surface area contributed by atoms with Crippen molar-refractivity contribution in [2.24, 2.45) is 17.8 Å². The van der Waals surface area contributed by atoms with Gasteiger partial charge in [-0.25, -0.2) is 0 Å². The lowest BCUT2D eigenvalue weighted by Gasteiger charge is -2.18. The van der Waals surface area contributed by atoms with Gasteiger partial charge in [0.25, 0.3) is 0 Å². The van der Waals surface area contributed by atoms with Gasteiger partial charge >= 0.3 is 0 Å². The topological polar surface area (TPSA) is 67.4 Å². The fraction of sp³-hybridized carbons (Fsp3) is 0.412. The Balaban J connectivity index is 1.62. The molecule has 122 valence electrons. The van der Waals surface area contributed by atoms with Crippen molar-refractivity contribution in [3.05, 3.63) is 35.4 Å². The molecule has 3 rings (SSSR count). The summed E-state index contributed by atoms with van der Waals surface area (Å²) in [6, 6.07) is 5.05. The van der Waals surface area contributed by atoms with Crippen LogP contribution in [0.3, 0.4) is 0 Å². The Labute approximate surface area is 140 Å². The van der Waals surface area contributed by atoms with Crippen LogP contribution in [0.2, 0.25) is 5.02 Å². The number of amides is 2. The van der Waals surface area contributed by atoms with E-state index in [1.54, 1.807) is 18.2 Å². The number of halogens is 1. The Bertz CT molecular complexity index is 659. The summed E-state index contributed by atoms with van der Waals surface area (Å²) in [5.74, 6) is 0.722. The van der Waals surface area contributed by atoms with Gasteiger partial charge in [-0.3, -0.25) is 9.59 Å². The van der Waals surface area contributed by atoms with Crippen molar-refractivity contribution in [3.8, 4) is 0 Å². The quantitative estimate of drug-likeness (QED) is 0.813. The highest BCUT2D eigenvalue weighted by Crippen LogP contribution is 2.43. The summed E-state index contributed by atoms with van der Waals surface area (Å²) in [5.41, 5.74) is 1.13. The lowest BCUT2D eigenvalue weighted by atomic mass is 9.93. The van der Waals surface area contributed by atoms with Crippen molar-refractivity contribution in [1.82, 2.24) is 0 Å². The molecule has 1 fully saturated rings. The van der Waals surface area contributed by atoms with E-state index in [9.17, 15) is 9.59 Å². The van der Waals surface area contributed by atoms with Gasteiger partial charge in [-0.2, -0.15) is 0 Å². The van der Waals surface area contributed by atoms with Crippen molar-refractivity contribution in [1.29, 1.82) is 0 Å². The molecule has 2 N–H and O–H groups in total. The smallest absolute Gasteiger partial charge is 0.250 e. The van der Waals surface area contributed by atoms with Gasteiger partial charge in [0.05, 0.1) is 10.7 Å². The molecule has 2 aliphatic rings. The predicted octanol–water partition coefficient (Wildman–Crippen LogP) is 3.08. The Morgan fingerprint density at radius 3 is 2.70 bits per heavy atom. The van der Waals surface area contributed by atoms with Crippen molar-refractivity contribution in [3.63, 3.8) is 0 Å². The average molecular weight is 335 g/mol. The van der Waals surface area contributed by atoms with Crippen LogP contribution in [-0.4, -0.2) is 25.5 Å². The van der Waals surface area contributed by atoms with E-state index in [-0.39, 0.29) is 24.3 Å². The summed E-state index contributed by atoms with van der Waals surface area (Å²) in [6.45, 7) is -0.0351. The summed E-state index contributed by atoms with van der Waals surface area (Å²) in [4.78, 5) is 23.9. The number of anilines is 2. The third-order valence-corrected chi connectivity index (χ3v) is 4.71. The van der Waals surface area contributed by atoms with E-state index in [4.69, 9.17) is 16.3 Å². The maximum absolute atomic E-state index is 12.4. The Morgan fingerprint density at radius 2 is 2.09 bits per heavy atom. The number of benzene rings is 1. The summed E-state index contributed by atoms with van der Waals surface area (Å²) in [6.07, 6.45) is 6.37. The highest BCUT2D eigenvalue weighted by Gasteiger charge is 2.39. The average Bonchev–Trinajstić information content (AvgIpc) is 3.13. The molecule has 0 unspecified atom stereocenters. The number of nitrogens with one attached hydrogen (secondary N) is 2. The van der Waals surface area contributed by atoms with Crippen LogP contribution in [-0.2, 0) is 14.3 Å². The van der Waals surface area contributed by atoms with Gasteiger partial charge < -0.3 is 15.4 Å². The third-order valence-electron chi connectivity index (χ3n) is 4.40. The lowest BCUT2D eigenvalue weighted by Crippen LogP contribution is -2.25. The molecule has 0 aromatic heterocycles. The molecule has 0 heterocycles. The lowest BCUT2D eigenvalue weighted by molar-refractivity contribution is -0.121. The summed E-state index contributed by atoms with van der Waals surface area (Å²) < 4.78 is 4.76. The molecule has 2 aliphatic carbocycles. The Kier molecular flexibility index (Phi) is 4.68. The molecular formula is C17H19ClN2O3. The number of methoxy groups -OCH3 is 1. The number of carbonyl (C=O) groups excluding carboxylic acids is 2. The van der Waals surface area contributed by atoms with E-state index in [1.807, 2.05) is 0 Å². The predicted molar refractivity (Wildman–Crippen MR) is 89.4 cm³/mol. The van der Waals surface area contributed by atoms with Gasteiger partial charge in [0.15, 0.2) is 0 Å². The first-order valence-corrected chi connectivity index (χ1v) is 8.02. The van der Waals surface area contributed by atoms with Gasteiger partial charge in [-0.15, -0.1) is 0 Å². The fourth-order valence-corrected chi connectivity index (χ4v) is 3.56. The van der Waals surface area contributed by atoms with Crippen LogP contribution < -0.4 is 10.6 Å². The number of hydrogen-bond acceptors (Lipinski definition) is 3. The number of allylic oxidation sites excluding steroid dienone is 2. The molecule has 0 radical (unpaired) electrons. The SMILES string of the molecule is COCC(=O)Nc1ccc(NC(=O)[C@H]2C[C@@H]3C=C[C@H]2C3)cc1Cl. The van der Waals surface area contributed by atoms with Crippen molar-refractivity contribution >= 4 is 34.8 Å². The maximum atomic E-state index is 12.4. The van der Waals surface area contributed by atoms with Gasteiger partial charge in [-0.05, 0) is 42.9 Å². The Hall–Kier alpha value is -1.85. The molecule has 2 bridgehead atoms. The van der Waals surface area contributed by atoms with Gasteiger partial charge in [0.1, 0.15) is 6.61 Å². The second kappa shape index (κ2) is 6.72. The van der Waals surface area contributed by atoms with Gasteiger partial charge in [-0.1, -0.05) is 23.8 Å². The summed E-state index contributed by atoms with van der Waals surface area (Å²) in [7, 11) is 1.45. The second-order valence-corrected chi connectivity index (χ2v) is 6.46. The number of hydrogen-bond donors (Lipinski definition) is 2. The summed E-state index contributed by atoms with van der Waals surface area (Å²) in [5, 5.41) is 5.95. The first-order chi connectivity index (χ1) is 11.1. The fourth-order valence-electron chi connectivity index (χ4n) is 3.33. The zero-order chi connectivity index (χ0) is 16.4. The van der Waals surface area contributed by atoms with E-state index in [0.717, 1.165) is 12.8 Å². The zero-order valence-electron chi connectivity index (χ0n) is 12.8. The van der Waals surface area contributed by atoms with Crippen LogP contribution >= 0.6 is 11.6 Å². The molecule has 1 aromatic rings. The van der Waals surface area contributed by atoms with Crippen LogP contribution in [0.4, 0.5) is 11.4 Å². The van der Waals surface area contributed by atoms with E-state index in [0.29, 0.717) is 28.2 Å². The third kappa shape index (κ3) is 3.57. The van der Waals surface area contributed by atoms with E-state index < -0.39 is 0 Å². The molecule has 1 aromatic carbocycles. The van der Waals surface area contributed by atoms with E-state index in [2.05, 4.69) is 22.8 Å². The van der Waals surface area contributed by atoms with E-state index >= 15 is 0 Å². The highest BCUT2D eigenvalue weighted by molar-refractivity contribution is 6.34. The Morgan fingerprint density at radius 1 is 1.26 bits per heavy atom. The largest absolute Gasteiger partial charge is 0.375 e. The van der Waals surface area contributed by atoms with Crippen LogP contribution in [0.25, 0.3) is 0 Å². The first kappa shape index (κ1) is 16.0. The van der Waals surface area contributed by atoms with Gasteiger partial charge in [0, 0.05) is 18.7 Å². The molecule has 0 spiro atoms. The van der Waals surface area contributed by atoms with Crippen LogP contribution in [0.5, 0.6) is 0 Å². The molecule has 0 saturated heterocycles. The highest BCUT2D eigenvalue weighted by atomic mass is 35.5. The van der Waals surface area contributed by atoms with Crippen molar-refractivity contribution in [2.75, 3.05) is 24.4 Å². The summed E-state index contributed by atoms with van der Waals surface area (Å²) >= 11 is 6.16. The number of rotatable bonds is 5. The molecule has 3 atom stereocenters. The first-order valence-electron chi connectivity index (χ1n) is 7.64. The number of carbonyl (C=O) groups is 2. The molecule has 5 nitrogen and oxygen atoms in total. The minimum absolute atomic E-state index is 0.0351. The van der Waals surface area contributed by atoms with Crippen LogP contribution in [0.15, 0.2) is 30.4 Å². The number of ether oxygens (including phenoxy) is 1. The molecule has 6 heteroatoms. The maximum Gasteiger partial charge on any atom is 0.250 e. The molecule has 1 saturated carbocycles. The standard InChI is InChI=1S/C17H19ClN2O3/c1-23-9-16(21)20-15-5-4-12(8-14(15)18)19-17(22)13-7-10-2-3-11(13)6-10/h2-5,8,10-11,13H,6-7,9H2,1H3,(H,19,22)(H,20,21)/t10-,11+,13+/m1/s1. The van der Waals surface area contributed by atoms with Crippen LogP contribution in [0.1, 0.15) is 12.8 Å².